The number of hydrogen-bond donors (Lipinski definition) is 1. The molecule has 3 aromatic rings. The van der Waals surface area contributed by atoms with Crippen molar-refractivity contribution in [1.82, 2.24) is 15.2 Å². The monoisotopic (exact) mass is 491 g/mol. The molecule has 0 amide bonds. The smallest absolute Gasteiger partial charge is 0.193 e. The zero-order valence-corrected chi connectivity index (χ0v) is 18.4. The van der Waals surface area contributed by atoms with Crippen molar-refractivity contribution in [2.45, 2.75) is 6.42 Å². The van der Waals surface area contributed by atoms with E-state index in [0.717, 1.165) is 67.7 Å². The number of aromatic nitrogens is 1. The van der Waals surface area contributed by atoms with Crippen molar-refractivity contribution in [3.63, 3.8) is 0 Å². The van der Waals surface area contributed by atoms with E-state index in [4.69, 9.17) is 4.42 Å². The fourth-order valence-corrected chi connectivity index (χ4v) is 3.48. The van der Waals surface area contributed by atoms with Gasteiger partial charge in [-0.25, -0.2) is 4.98 Å². The Hall–Kier alpha value is -2.29. The predicted molar refractivity (Wildman–Crippen MR) is 125 cm³/mol. The number of furan rings is 1. The van der Waals surface area contributed by atoms with Gasteiger partial charge >= 0.3 is 0 Å². The van der Waals surface area contributed by atoms with Gasteiger partial charge in [0, 0.05) is 57.8 Å². The number of aliphatic imine (C=N–C) groups is 1. The normalized spacial score (nSPS) is 14.8. The Labute approximate surface area is 182 Å². The largest absolute Gasteiger partial charge is 0.461 e. The molecule has 4 rings (SSSR count). The summed E-state index contributed by atoms with van der Waals surface area (Å²) < 4.78 is 5.88. The van der Waals surface area contributed by atoms with Crippen LogP contribution in [0.2, 0.25) is 0 Å². The summed E-state index contributed by atoms with van der Waals surface area (Å²) in [6.07, 6.45) is 2.68. The number of anilines is 1. The van der Waals surface area contributed by atoms with Crippen LogP contribution in [0.15, 0.2) is 64.1 Å². The number of benzene rings is 1. The fourth-order valence-electron chi connectivity index (χ4n) is 3.48. The summed E-state index contributed by atoms with van der Waals surface area (Å²) >= 11 is 0. The second-order valence-electron chi connectivity index (χ2n) is 6.64. The summed E-state index contributed by atoms with van der Waals surface area (Å²) in [7, 11) is 1.84. The van der Waals surface area contributed by atoms with Crippen LogP contribution in [0.3, 0.4) is 0 Å². The van der Waals surface area contributed by atoms with Gasteiger partial charge in [-0.2, -0.15) is 0 Å². The van der Waals surface area contributed by atoms with Gasteiger partial charge in [-0.1, -0.05) is 24.3 Å². The Balaban J connectivity index is 0.00000225. The van der Waals surface area contributed by atoms with Crippen molar-refractivity contribution < 1.29 is 4.42 Å². The SMILES string of the molecule is CN=C(NCCc1cc2ccccc2o1)N1CCN(c2ccccn2)CC1.I. The Morgan fingerprint density at radius 1 is 1.11 bits per heavy atom. The molecule has 1 saturated heterocycles. The van der Waals surface area contributed by atoms with Gasteiger partial charge in [0.15, 0.2) is 5.96 Å². The van der Waals surface area contributed by atoms with Gasteiger partial charge < -0.3 is 19.5 Å². The van der Waals surface area contributed by atoms with E-state index in [1.165, 1.54) is 0 Å². The van der Waals surface area contributed by atoms with E-state index >= 15 is 0 Å². The van der Waals surface area contributed by atoms with Crippen LogP contribution in [-0.4, -0.2) is 55.6 Å². The number of rotatable bonds is 4. The fraction of sp³-hybridized carbons (Fsp3) is 0.333. The highest BCUT2D eigenvalue weighted by Gasteiger charge is 2.20. The number of fused-ring (bicyclic) bond motifs is 1. The van der Waals surface area contributed by atoms with Crippen LogP contribution < -0.4 is 10.2 Å². The lowest BCUT2D eigenvalue weighted by molar-refractivity contribution is 0.371. The minimum Gasteiger partial charge on any atom is -0.461 e. The van der Waals surface area contributed by atoms with Gasteiger partial charge in [-0.3, -0.25) is 4.99 Å². The molecule has 0 aliphatic carbocycles. The van der Waals surface area contributed by atoms with Crippen LogP contribution in [0.1, 0.15) is 5.76 Å². The zero-order chi connectivity index (χ0) is 18.5. The number of pyridine rings is 1. The maximum Gasteiger partial charge on any atom is 0.193 e. The van der Waals surface area contributed by atoms with Gasteiger partial charge in [0.25, 0.3) is 0 Å². The highest BCUT2D eigenvalue weighted by atomic mass is 127. The number of para-hydroxylation sites is 1. The molecular formula is C21H26IN5O. The average molecular weight is 491 g/mol. The Morgan fingerprint density at radius 2 is 1.89 bits per heavy atom. The number of hydrogen-bond acceptors (Lipinski definition) is 4. The molecule has 1 aliphatic rings. The molecular weight excluding hydrogens is 465 g/mol. The van der Waals surface area contributed by atoms with Crippen molar-refractivity contribution in [3.8, 4) is 0 Å². The lowest BCUT2D eigenvalue weighted by atomic mass is 10.2. The summed E-state index contributed by atoms with van der Waals surface area (Å²) in [4.78, 5) is 13.5. The Kier molecular flexibility index (Phi) is 7.13. The van der Waals surface area contributed by atoms with Gasteiger partial charge in [0.1, 0.15) is 17.2 Å². The third kappa shape index (κ3) is 4.76. The van der Waals surface area contributed by atoms with E-state index in [0.29, 0.717) is 0 Å². The quantitative estimate of drug-likeness (QED) is 0.345. The van der Waals surface area contributed by atoms with E-state index in [1.807, 2.05) is 43.6 Å². The lowest BCUT2D eigenvalue weighted by Gasteiger charge is -2.37. The minimum absolute atomic E-state index is 0. The number of guanidine groups is 1. The first-order valence-corrected chi connectivity index (χ1v) is 9.42. The van der Waals surface area contributed by atoms with Crippen molar-refractivity contribution in [3.05, 3.63) is 60.5 Å². The molecule has 0 atom stereocenters. The van der Waals surface area contributed by atoms with E-state index in [2.05, 4.69) is 43.3 Å². The molecule has 1 fully saturated rings. The lowest BCUT2D eigenvalue weighted by Crippen LogP contribution is -2.53. The molecule has 1 aliphatic heterocycles. The van der Waals surface area contributed by atoms with Crippen LogP contribution in [0, 0.1) is 0 Å². The molecule has 148 valence electrons. The first-order chi connectivity index (χ1) is 13.3. The number of piperazine rings is 1. The van der Waals surface area contributed by atoms with Gasteiger partial charge in [-0.15, -0.1) is 24.0 Å². The Bertz CT molecular complexity index is 870. The molecule has 0 saturated carbocycles. The summed E-state index contributed by atoms with van der Waals surface area (Å²) in [6.45, 7) is 4.55. The second-order valence-corrected chi connectivity index (χ2v) is 6.64. The minimum atomic E-state index is 0. The van der Waals surface area contributed by atoms with Crippen molar-refractivity contribution in [2.24, 2.45) is 4.99 Å². The predicted octanol–water partition coefficient (Wildman–Crippen LogP) is 3.39. The topological polar surface area (TPSA) is 56.9 Å². The molecule has 0 bridgehead atoms. The van der Waals surface area contributed by atoms with Crippen LogP contribution in [-0.2, 0) is 6.42 Å². The average Bonchev–Trinajstić information content (AvgIpc) is 3.15. The number of nitrogens with zero attached hydrogens (tertiary/aromatic N) is 4. The highest BCUT2D eigenvalue weighted by molar-refractivity contribution is 14.0. The first-order valence-electron chi connectivity index (χ1n) is 9.42. The van der Waals surface area contributed by atoms with Crippen LogP contribution in [0.5, 0.6) is 0 Å². The summed E-state index contributed by atoms with van der Waals surface area (Å²) in [5, 5.41) is 4.62. The molecule has 6 nitrogen and oxygen atoms in total. The van der Waals surface area contributed by atoms with E-state index in [-0.39, 0.29) is 24.0 Å². The second kappa shape index (κ2) is 9.77. The number of nitrogens with one attached hydrogen (secondary N) is 1. The van der Waals surface area contributed by atoms with Gasteiger partial charge in [-0.05, 0) is 24.3 Å². The van der Waals surface area contributed by atoms with E-state index in [9.17, 15) is 0 Å². The Morgan fingerprint density at radius 3 is 2.61 bits per heavy atom. The van der Waals surface area contributed by atoms with Crippen molar-refractivity contribution >= 4 is 46.7 Å². The summed E-state index contributed by atoms with van der Waals surface area (Å²) in [5.41, 5.74) is 0.947. The zero-order valence-electron chi connectivity index (χ0n) is 16.0. The van der Waals surface area contributed by atoms with E-state index < -0.39 is 0 Å². The molecule has 0 radical (unpaired) electrons. The molecule has 2 aromatic heterocycles. The third-order valence-corrected chi connectivity index (χ3v) is 4.90. The van der Waals surface area contributed by atoms with Crippen LogP contribution in [0.25, 0.3) is 11.0 Å². The first kappa shape index (κ1) is 20.4. The van der Waals surface area contributed by atoms with Crippen molar-refractivity contribution in [1.29, 1.82) is 0 Å². The molecule has 28 heavy (non-hydrogen) atoms. The van der Waals surface area contributed by atoms with Crippen molar-refractivity contribution in [2.75, 3.05) is 44.7 Å². The summed E-state index contributed by atoms with van der Waals surface area (Å²) in [5.74, 6) is 3.00. The molecule has 7 heteroatoms. The molecule has 0 unspecified atom stereocenters. The van der Waals surface area contributed by atoms with Crippen LogP contribution >= 0.6 is 24.0 Å². The number of halogens is 1. The molecule has 1 N–H and O–H groups in total. The van der Waals surface area contributed by atoms with Gasteiger partial charge in [0.2, 0.25) is 0 Å². The third-order valence-electron chi connectivity index (χ3n) is 4.90. The summed E-state index contributed by atoms with van der Waals surface area (Å²) in [6, 6.07) is 16.3. The van der Waals surface area contributed by atoms with E-state index in [1.54, 1.807) is 0 Å². The standard InChI is InChI=1S/C21H25N5O.HI/c1-22-21(24-11-9-18-16-17-6-2-3-7-19(17)27-18)26-14-12-25(13-15-26)20-8-4-5-10-23-20;/h2-8,10,16H,9,11-15H2,1H3,(H,22,24);1H. The van der Waals surface area contributed by atoms with Gasteiger partial charge in [0.05, 0.1) is 0 Å². The maximum absolute atomic E-state index is 5.88. The van der Waals surface area contributed by atoms with Crippen LogP contribution in [0.4, 0.5) is 5.82 Å². The molecule has 3 heterocycles. The molecule has 1 aromatic carbocycles. The maximum atomic E-state index is 5.88. The highest BCUT2D eigenvalue weighted by Crippen LogP contribution is 2.19. The molecule has 0 spiro atoms.